The number of likely N-dealkylation sites (N-methyl/N-ethyl adjacent to an activating group) is 1. The van der Waals surface area contributed by atoms with Crippen LogP contribution in [0, 0.1) is 0 Å². The minimum absolute atomic E-state index is 0.0252. The van der Waals surface area contributed by atoms with E-state index in [2.05, 4.69) is 10.6 Å². The highest BCUT2D eigenvalue weighted by Crippen LogP contribution is 2.33. The fourth-order valence-electron chi connectivity index (χ4n) is 1.78. The predicted octanol–water partition coefficient (Wildman–Crippen LogP) is 0.270. The van der Waals surface area contributed by atoms with Crippen LogP contribution in [0.1, 0.15) is 11.6 Å². The zero-order valence-electron chi connectivity index (χ0n) is 8.99. The van der Waals surface area contributed by atoms with Crippen LogP contribution >= 0.6 is 0 Å². The van der Waals surface area contributed by atoms with Gasteiger partial charge in [-0.15, -0.1) is 0 Å². The zero-order chi connectivity index (χ0) is 11.5. The lowest BCUT2D eigenvalue weighted by atomic mass is 10.1. The lowest BCUT2D eigenvalue weighted by molar-refractivity contribution is -0.117. The second-order valence-corrected chi connectivity index (χ2v) is 3.53. The first-order valence-corrected chi connectivity index (χ1v) is 5.12. The van der Waals surface area contributed by atoms with E-state index in [1.807, 2.05) is 6.07 Å². The van der Waals surface area contributed by atoms with Gasteiger partial charge in [0.2, 0.25) is 5.91 Å². The van der Waals surface area contributed by atoms with Gasteiger partial charge < -0.3 is 20.5 Å². The van der Waals surface area contributed by atoms with Gasteiger partial charge in [0.1, 0.15) is 18.4 Å². The molecule has 86 valence electrons. The number of ether oxygens (including phenoxy) is 1. The monoisotopic (exact) mass is 222 g/mol. The van der Waals surface area contributed by atoms with Crippen LogP contribution in [-0.4, -0.2) is 31.3 Å². The molecular formula is C11H14N2O3. The van der Waals surface area contributed by atoms with E-state index in [1.165, 1.54) is 0 Å². The summed E-state index contributed by atoms with van der Waals surface area (Å²) in [6.45, 7) is 0.227. The summed E-state index contributed by atoms with van der Waals surface area (Å²) < 4.78 is 5.26. The van der Waals surface area contributed by atoms with Crippen LogP contribution < -0.4 is 15.4 Å². The highest BCUT2D eigenvalue weighted by Gasteiger charge is 2.29. The van der Waals surface area contributed by atoms with E-state index < -0.39 is 0 Å². The summed E-state index contributed by atoms with van der Waals surface area (Å²) >= 11 is 0. The van der Waals surface area contributed by atoms with E-state index in [1.54, 1.807) is 19.2 Å². The summed E-state index contributed by atoms with van der Waals surface area (Å²) in [5, 5.41) is 14.3. The van der Waals surface area contributed by atoms with Crippen molar-refractivity contribution >= 4 is 11.6 Å². The van der Waals surface area contributed by atoms with Crippen LogP contribution in [0.2, 0.25) is 0 Å². The molecule has 1 unspecified atom stereocenters. The number of amides is 1. The van der Waals surface area contributed by atoms with Crippen molar-refractivity contribution < 1.29 is 14.6 Å². The smallest absolute Gasteiger partial charge is 0.246 e. The summed E-state index contributed by atoms with van der Waals surface area (Å²) in [5.74, 6) is 0.585. The van der Waals surface area contributed by atoms with Crippen molar-refractivity contribution in [2.24, 2.45) is 0 Å². The second kappa shape index (κ2) is 4.51. The number of carbonyl (C=O) groups is 1. The molecule has 0 radical (unpaired) electrons. The first-order valence-electron chi connectivity index (χ1n) is 5.12. The Morgan fingerprint density at radius 2 is 2.38 bits per heavy atom. The van der Waals surface area contributed by atoms with E-state index in [9.17, 15) is 4.79 Å². The quantitative estimate of drug-likeness (QED) is 0.684. The number of benzene rings is 1. The average molecular weight is 222 g/mol. The van der Waals surface area contributed by atoms with Gasteiger partial charge in [-0.2, -0.15) is 0 Å². The summed E-state index contributed by atoms with van der Waals surface area (Å²) in [6, 6.07) is 5.11. The van der Waals surface area contributed by atoms with Crippen LogP contribution in [0.15, 0.2) is 18.2 Å². The average Bonchev–Trinajstić information content (AvgIpc) is 2.60. The lowest BCUT2D eigenvalue weighted by Gasteiger charge is -2.08. The van der Waals surface area contributed by atoms with Gasteiger partial charge in [0.05, 0.1) is 6.61 Å². The third-order valence-corrected chi connectivity index (χ3v) is 2.50. The largest absolute Gasteiger partial charge is 0.491 e. The maximum atomic E-state index is 11.5. The number of anilines is 1. The molecule has 0 saturated heterocycles. The Labute approximate surface area is 93.4 Å². The van der Waals surface area contributed by atoms with E-state index in [0.717, 1.165) is 11.3 Å². The zero-order valence-corrected chi connectivity index (χ0v) is 8.99. The first-order chi connectivity index (χ1) is 7.76. The van der Waals surface area contributed by atoms with E-state index in [-0.39, 0.29) is 25.2 Å². The molecule has 5 nitrogen and oxygen atoms in total. The normalized spacial score (nSPS) is 18.1. The van der Waals surface area contributed by atoms with Crippen molar-refractivity contribution in [2.45, 2.75) is 6.04 Å². The van der Waals surface area contributed by atoms with Crippen LogP contribution in [0.25, 0.3) is 0 Å². The fourth-order valence-corrected chi connectivity index (χ4v) is 1.78. The van der Waals surface area contributed by atoms with E-state index >= 15 is 0 Å². The highest BCUT2D eigenvalue weighted by atomic mass is 16.5. The maximum absolute atomic E-state index is 11.5. The van der Waals surface area contributed by atoms with Crippen LogP contribution in [0.5, 0.6) is 5.75 Å². The molecule has 16 heavy (non-hydrogen) atoms. The van der Waals surface area contributed by atoms with Crippen molar-refractivity contribution in [3.8, 4) is 5.75 Å². The molecule has 0 spiro atoms. The summed E-state index contributed by atoms with van der Waals surface area (Å²) in [4.78, 5) is 11.5. The third kappa shape index (κ3) is 1.87. The molecule has 0 bridgehead atoms. The number of aliphatic hydroxyl groups is 1. The topological polar surface area (TPSA) is 70.6 Å². The lowest BCUT2D eigenvalue weighted by Crippen LogP contribution is -2.23. The molecule has 5 heteroatoms. The molecule has 1 aromatic rings. The highest BCUT2D eigenvalue weighted by molar-refractivity contribution is 6.02. The van der Waals surface area contributed by atoms with Crippen molar-refractivity contribution in [2.75, 3.05) is 25.6 Å². The van der Waals surface area contributed by atoms with Crippen molar-refractivity contribution in [1.29, 1.82) is 0 Å². The minimum atomic E-state index is -0.290. The molecular weight excluding hydrogens is 208 g/mol. The van der Waals surface area contributed by atoms with Gasteiger partial charge in [-0.1, -0.05) is 6.07 Å². The maximum Gasteiger partial charge on any atom is 0.246 e. The number of fused-ring (bicyclic) bond motifs is 1. The molecule has 0 aliphatic carbocycles. The molecule has 1 heterocycles. The molecule has 0 aromatic heterocycles. The Morgan fingerprint density at radius 3 is 3.06 bits per heavy atom. The molecule has 1 aliphatic rings. The fraction of sp³-hybridized carbons (Fsp3) is 0.364. The standard InChI is InChI=1S/C11H14N2O3/c1-12-10-8-3-2-7(16-5-4-14)6-9(8)13-11(10)15/h2-3,6,10,12,14H,4-5H2,1H3,(H,13,15). The van der Waals surface area contributed by atoms with Crippen LogP contribution in [-0.2, 0) is 4.79 Å². The number of hydrogen-bond acceptors (Lipinski definition) is 4. The molecule has 3 N–H and O–H groups in total. The molecule has 1 amide bonds. The van der Waals surface area contributed by atoms with E-state index in [0.29, 0.717) is 5.75 Å². The van der Waals surface area contributed by atoms with Gasteiger partial charge in [-0.3, -0.25) is 4.79 Å². The van der Waals surface area contributed by atoms with Gasteiger partial charge in [0, 0.05) is 17.3 Å². The summed E-state index contributed by atoms with van der Waals surface area (Å²) in [7, 11) is 1.75. The number of rotatable bonds is 4. The van der Waals surface area contributed by atoms with Crippen LogP contribution in [0.4, 0.5) is 5.69 Å². The molecule has 1 atom stereocenters. The van der Waals surface area contributed by atoms with Crippen LogP contribution in [0.3, 0.4) is 0 Å². The SMILES string of the molecule is CNC1C(=O)Nc2cc(OCCO)ccc21. The Bertz CT molecular complexity index is 406. The molecule has 1 aromatic carbocycles. The van der Waals surface area contributed by atoms with Crippen molar-refractivity contribution in [1.82, 2.24) is 5.32 Å². The van der Waals surface area contributed by atoms with Crippen molar-refractivity contribution in [3.05, 3.63) is 23.8 Å². The summed E-state index contributed by atoms with van der Waals surface area (Å²) in [6.07, 6.45) is 0. The van der Waals surface area contributed by atoms with Gasteiger partial charge >= 0.3 is 0 Å². The van der Waals surface area contributed by atoms with Gasteiger partial charge in [-0.25, -0.2) is 0 Å². The number of carbonyl (C=O) groups excluding carboxylic acids is 1. The van der Waals surface area contributed by atoms with E-state index in [4.69, 9.17) is 9.84 Å². The predicted molar refractivity (Wildman–Crippen MR) is 59.5 cm³/mol. The Morgan fingerprint density at radius 1 is 1.56 bits per heavy atom. The Hall–Kier alpha value is -1.59. The molecule has 0 fully saturated rings. The molecule has 0 saturated carbocycles. The number of hydrogen-bond donors (Lipinski definition) is 3. The Balaban J connectivity index is 2.22. The van der Waals surface area contributed by atoms with Crippen molar-refractivity contribution in [3.63, 3.8) is 0 Å². The second-order valence-electron chi connectivity index (χ2n) is 3.53. The van der Waals surface area contributed by atoms with Gasteiger partial charge in [0.25, 0.3) is 0 Å². The molecule has 2 rings (SSSR count). The number of nitrogens with one attached hydrogen (secondary N) is 2. The van der Waals surface area contributed by atoms with Gasteiger partial charge in [0.15, 0.2) is 0 Å². The third-order valence-electron chi connectivity index (χ3n) is 2.50. The Kier molecular flexibility index (Phi) is 3.07. The first kappa shape index (κ1) is 10.9. The molecule has 1 aliphatic heterocycles. The minimum Gasteiger partial charge on any atom is -0.491 e. The number of aliphatic hydroxyl groups excluding tert-OH is 1. The van der Waals surface area contributed by atoms with Gasteiger partial charge in [-0.05, 0) is 13.1 Å². The summed E-state index contributed by atoms with van der Waals surface area (Å²) in [5.41, 5.74) is 1.68.